The third kappa shape index (κ3) is 8.52. The zero-order valence-electron chi connectivity index (χ0n) is 6.13. The fraction of sp³-hybridized carbons (Fsp3) is 1.00. The SMILES string of the molecule is C[Si](C)(C)SS(C)(=O)=O. The summed E-state index contributed by atoms with van der Waals surface area (Å²) in [5.41, 5.74) is 0. The summed E-state index contributed by atoms with van der Waals surface area (Å²) >= 11 is 0. The molecule has 0 unspecified atom stereocenters. The molecule has 0 fully saturated rings. The van der Waals surface area contributed by atoms with E-state index in [0.717, 1.165) is 10.2 Å². The van der Waals surface area contributed by atoms with Crippen molar-refractivity contribution in [3.8, 4) is 0 Å². The van der Waals surface area contributed by atoms with Crippen LogP contribution in [0.15, 0.2) is 0 Å². The Balaban J connectivity index is 4.07. The van der Waals surface area contributed by atoms with Gasteiger partial charge in [0.15, 0.2) is 8.87 Å². The third-order valence-corrected chi connectivity index (χ3v) is 10.8. The van der Waals surface area contributed by atoms with Crippen molar-refractivity contribution < 1.29 is 8.42 Å². The molecule has 0 spiro atoms. The van der Waals surface area contributed by atoms with Gasteiger partial charge >= 0.3 is 0 Å². The minimum Gasteiger partial charge on any atom is -0.218 e. The minimum atomic E-state index is -2.80. The van der Waals surface area contributed by atoms with Crippen molar-refractivity contribution in [1.82, 2.24) is 0 Å². The van der Waals surface area contributed by atoms with E-state index in [-0.39, 0.29) is 0 Å². The van der Waals surface area contributed by atoms with Gasteiger partial charge in [0.2, 0.25) is 0 Å². The Labute approximate surface area is 61.0 Å². The summed E-state index contributed by atoms with van der Waals surface area (Å²) < 4.78 is 21.3. The molecule has 0 rings (SSSR count). The molecule has 0 amide bonds. The van der Waals surface area contributed by atoms with Crippen LogP contribution in [0.25, 0.3) is 0 Å². The summed E-state index contributed by atoms with van der Waals surface area (Å²) in [5.74, 6) is 0. The number of rotatable bonds is 2. The van der Waals surface area contributed by atoms with Crippen molar-refractivity contribution >= 4 is 26.3 Å². The average molecular weight is 184 g/mol. The van der Waals surface area contributed by atoms with Crippen molar-refractivity contribution in [3.05, 3.63) is 0 Å². The number of hydrogen-bond donors (Lipinski definition) is 0. The normalized spacial score (nSPS) is 13.8. The molecular formula is C4H12O2S2Si. The molecule has 2 nitrogen and oxygen atoms in total. The van der Waals surface area contributed by atoms with Gasteiger partial charge in [-0.3, -0.25) is 0 Å². The van der Waals surface area contributed by atoms with Crippen LogP contribution in [0.1, 0.15) is 0 Å². The fourth-order valence-electron chi connectivity index (χ4n) is 0.454. The number of hydrogen-bond acceptors (Lipinski definition) is 3. The topological polar surface area (TPSA) is 34.1 Å². The molecule has 56 valence electrons. The lowest BCUT2D eigenvalue weighted by molar-refractivity contribution is 0.616. The summed E-state index contributed by atoms with van der Waals surface area (Å²) in [4.78, 5) is 0. The predicted octanol–water partition coefficient (Wildman–Crippen LogP) is 1.51. The van der Waals surface area contributed by atoms with Gasteiger partial charge in [0.05, 0.1) is 0 Å². The van der Waals surface area contributed by atoms with Crippen LogP contribution in [0.4, 0.5) is 0 Å². The van der Waals surface area contributed by atoms with Crippen molar-refractivity contribution in [2.24, 2.45) is 0 Å². The molecule has 9 heavy (non-hydrogen) atoms. The van der Waals surface area contributed by atoms with E-state index in [9.17, 15) is 8.42 Å². The molecule has 0 atom stereocenters. The maximum Gasteiger partial charge on any atom is 0.193 e. The van der Waals surface area contributed by atoms with Crippen molar-refractivity contribution in [3.63, 3.8) is 0 Å². The van der Waals surface area contributed by atoms with E-state index in [1.165, 1.54) is 6.26 Å². The predicted molar refractivity (Wildman–Crippen MR) is 45.8 cm³/mol. The Hall–Kier alpha value is 0.517. The van der Waals surface area contributed by atoms with Gasteiger partial charge < -0.3 is 0 Å². The first-order chi connectivity index (χ1) is 3.71. The molecule has 0 bridgehead atoms. The van der Waals surface area contributed by atoms with Crippen molar-refractivity contribution in [2.75, 3.05) is 6.26 Å². The smallest absolute Gasteiger partial charge is 0.193 e. The molecule has 5 heteroatoms. The van der Waals surface area contributed by atoms with Gasteiger partial charge in [0.25, 0.3) is 0 Å². The van der Waals surface area contributed by atoms with Crippen molar-refractivity contribution in [1.29, 1.82) is 0 Å². The minimum absolute atomic E-state index is 1.12. The van der Waals surface area contributed by atoms with E-state index in [1.54, 1.807) is 0 Å². The van der Waals surface area contributed by atoms with Gasteiger partial charge in [-0.2, -0.15) is 0 Å². The summed E-state index contributed by atoms with van der Waals surface area (Å²) in [7, 11) is -3.14. The van der Waals surface area contributed by atoms with Crippen LogP contribution >= 0.6 is 10.2 Å². The Morgan fingerprint density at radius 2 is 1.56 bits per heavy atom. The summed E-state index contributed by atoms with van der Waals surface area (Å²) in [6.45, 7) is 6.04. The highest BCUT2D eigenvalue weighted by molar-refractivity contribution is 8.83. The Morgan fingerprint density at radius 3 is 1.56 bits per heavy atom. The van der Waals surface area contributed by atoms with Crippen LogP contribution in [0.3, 0.4) is 0 Å². The van der Waals surface area contributed by atoms with E-state index in [1.807, 2.05) is 19.6 Å². The van der Waals surface area contributed by atoms with E-state index >= 15 is 0 Å². The van der Waals surface area contributed by atoms with E-state index in [4.69, 9.17) is 0 Å². The molecule has 0 radical (unpaired) electrons. The second kappa shape index (κ2) is 2.63. The zero-order valence-corrected chi connectivity index (χ0v) is 8.77. The van der Waals surface area contributed by atoms with Gasteiger partial charge in [-0.15, -0.1) is 0 Å². The molecule has 0 aromatic carbocycles. The average Bonchev–Trinajstić information content (AvgIpc) is 1.14. The Morgan fingerprint density at radius 1 is 1.22 bits per heavy atom. The Kier molecular flexibility index (Phi) is 2.79. The van der Waals surface area contributed by atoms with Crippen LogP contribution in [-0.4, -0.2) is 21.9 Å². The van der Waals surface area contributed by atoms with Gasteiger partial charge in [-0.1, -0.05) is 29.9 Å². The fourth-order valence-corrected chi connectivity index (χ4v) is 12.3. The Bertz CT molecular complexity index is 177. The first kappa shape index (κ1) is 9.52. The standard InChI is InChI=1S/C4H12O2S2Si/c1-8(5,6)7-9(2,3)4/h1-4H3. The van der Waals surface area contributed by atoms with Crippen LogP contribution in [0, 0.1) is 0 Å². The molecular weight excluding hydrogens is 172 g/mol. The molecule has 0 aliphatic carbocycles. The zero-order chi connectivity index (χ0) is 7.71. The summed E-state index contributed by atoms with van der Waals surface area (Å²) in [6.07, 6.45) is 1.26. The van der Waals surface area contributed by atoms with Crippen LogP contribution in [-0.2, 0) is 8.87 Å². The molecule has 0 aromatic rings. The molecule has 0 heterocycles. The maximum absolute atomic E-state index is 10.6. The van der Waals surface area contributed by atoms with E-state index in [2.05, 4.69) is 0 Å². The molecule has 0 aliphatic heterocycles. The van der Waals surface area contributed by atoms with Gasteiger partial charge in [-0.05, 0) is 0 Å². The highest BCUT2D eigenvalue weighted by Crippen LogP contribution is 2.24. The lowest BCUT2D eigenvalue weighted by atomic mass is 11.8. The van der Waals surface area contributed by atoms with Crippen LogP contribution in [0.5, 0.6) is 0 Å². The summed E-state index contributed by atoms with van der Waals surface area (Å²) in [5, 5.41) is 0. The van der Waals surface area contributed by atoms with Gasteiger partial charge in [0, 0.05) is 6.26 Å². The summed E-state index contributed by atoms with van der Waals surface area (Å²) in [6, 6.07) is 0. The molecule has 0 saturated heterocycles. The maximum atomic E-state index is 10.6. The first-order valence-corrected chi connectivity index (χ1v) is 10.1. The van der Waals surface area contributed by atoms with E-state index < -0.39 is 16.1 Å². The van der Waals surface area contributed by atoms with Crippen LogP contribution < -0.4 is 0 Å². The van der Waals surface area contributed by atoms with E-state index in [0.29, 0.717) is 0 Å². The second-order valence-electron chi connectivity index (χ2n) is 2.90. The molecule has 0 N–H and O–H groups in total. The third-order valence-electron chi connectivity index (χ3n) is 0.401. The first-order valence-electron chi connectivity index (χ1n) is 2.61. The van der Waals surface area contributed by atoms with Crippen LogP contribution in [0.2, 0.25) is 19.6 Å². The quantitative estimate of drug-likeness (QED) is 0.482. The highest BCUT2D eigenvalue weighted by atomic mass is 33.2. The molecule has 0 aliphatic rings. The van der Waals surface area contributed by atoms with Crippen molar-refractivity contribution in [2.45, 2.75) is 19.6 Å². The lowest BCUT2D eigenvalue weighted by Crippen LogP contribution is -2.16. The highest BCUT2D eigenvalue weighted by Gasteiger charge is 2.20. The molecule has 0 saturated carbocycles. The molecule has 0 aromatic heterocycles. The second-order valence-corrected chi connectivity index (χ2v) is 16.2. The van der Waals surface area contributed by atoms with Gasteiger partial charge in [-0.25, -0.2) is 8.42 Å². The largest absolute Gasteiger partial charge is 0.218 e. The van der Waals surface area contributed by atoms with Gasteiger partial charge in [0.1, 0.15) is 7.22 Å². The lowest BCUT2D eigenvalue weighted by Gasteiger charge is -2.11. The monoisotopic (exact) mass is 184 g/mol.